The molecular formula is C15H14ClN3O. The first kappa shape index (κ1) is 12.9. The normalized spacial score (nSPS) is 13.8. The lowest BCUT2D eigenvalue weighted by Gasteiger charge is -2.07. The SMILES string of the molecule is O=C(Nc1cccc(Cl)c1)c1cc(NC2CC2)ccn1. The highest BCUT2D eigenvalue weighted by molar-refractivity contribution is 6.30. The standard InChI is InChI=1S/C15H14ClN3O/c16-10-2-1-3-12(8-10)19-15(20)14-9-13(6-7-17-14)18-11-4-5-11/h1-3,6-9,11H,4-5H2,(H,17,18)(H,19,20). The summed E-state index contributed by atoms with van der Waals surface area (Å²) in [4.78, 5) is 16.2. The number of anilines is 2. The van der Waals surface area contributed by atoms with Crippen LogP contribution in [0, 0.1) is 0 Å². The number of aromatic nitrogens is 1. The molecule has 1 amide bonds. The number of pyridine rings is 1. The number of nitrogens with zero attached hydrogens (tertiary/aromatic N) is 1. The lowest BCUT2D eigenvalue weighted by atomic mass is 10.2. The van der Waals surface area contributed by atoms with Crippen LogP contribution < -0.4 is 10.6 Å². The van der Waals surface area contributed by atoms with E-state index < -0.39 is 0 Å². The van der Waals surface area contributed by atoms with Crippen LogP contribution in [0.4, 0.5) is 11.4 Å². The van der Waals surface area contributed by atoms with Crippen molar-refractivity contribution in [3.63, 3.8) is 0 Å². The molecule has 1 heterocycles. The average molecular weight is 288 g/mol. The van der Waals surface area contributed by atoms with Crippen LogP contribution in [0.5, 0.6) is 0 Å². The third kappa shape index (κ3) is 3.27. The molecule has 1 aliphatic carbocycles. The van der Waals surface area contributed by atoms with Crippen LogP contribution in [0.1, 0.15) is 23.3 Å². The number of hydrogen-bond acceptors (Lipinski definition) is 3. The van der Waals surface area contributed by atoms with E-state index in [1.165, 1.54) is 12.8 Å². The molecule has 1 saturated carbocycles. The predicted octanol–water partition coefficient (Wildman–Crippen LogP) is 3.56. The smallest absolute Gasteiger partial charge is 0.274 e. The molecule has 1 aliphatic rings. The van der Waals surface area contributed by atoms with Crippen molar-refractivity contribution in [2.24, 2.45) is 0 Å². The second-order valence-electron chi connectivity index (χ2n) is 4.81. The summed E-state index contributed by atoms with van der Waals surface area (Å²) >= 11 is 5.89. The largest absolute Gasteiger partial charge is 0.382 e. The fraction of sp³-hybridized carbons (Fsp3) is 0.200. The molecule has 0 spiro atoms. The number of halogens is 1. The van der Waals surface area contributed by atoms with Crippen molar-refractivity contribution in [3.05, 3.63) is 53.3 Å². The highest BCUT2D eigenvalue weighted by atomic mass is 35.5. The van der Waals surface area contributed by atoms with E-state index >= 15 is 0 Å². The summed E-state index contributed by atoms with van der Waals surface area (Å²) in [6, 6.07) is 11.2. The van der Waals surface area contributed by atoms with E-state index in [9.17, 15) is 4.79 Å². The molecule has 1 fully saturated rings. The van der Waals surface area contributed by atoms with Gasteiger partial charge in [-0.3, -0.25) is 9.78 Å². The lowest BCUT2D eigenvalue weighted by molar-refractivity contribution is 0.102. The molecule has 3 rings (SSSR count). The number of rotatable bonds is 4. The van der Waals surface area contributed by atoms with Gasteiger partial charge in [-0.1, -0.05) is 17.7 Å². The molecule has 0 aliphatic heterocycles. The quantitative estimate of drug-likeness (QED) is 0.904. The Balaban J connectivity index is 1.72. The van der Waals surface area contributed by atoms with Crippen molar-refractivity contribution >= 4 is 28.9 Å². The van der Waals surface area contributed by atoms with Gasteiger partial charge in [0.15, 0.2) is 0 Å². The van der Waals surface area contributed by atoms with Crippen LogP contribution in [0.15, 0.2) is 42.6 Å². The zero-order valence-electron chi connectivity index (χ0n) is 10.8. The second-order valence-corrected chi connectivity index (χ2v) is 5.25. The second kappa shape index (κ2) is 5.51. The maximum absolute atomic E-state index is 12.1. The first-order valence-corrected chi connectivity index (χ1v) is 6.88. The highest BCUT2D eigenvalue weighted by Crippen LogP contribution is 2.24. The maximum Gasteiger partial charge on any atom is 0.274 e. The van der Waals surface area contributed by atoms with Gasteiger partial charge in [-0.15, -0.1) is 0 Å². The van der Waals surface area contributed by atoms with Gasteiger partial charge in [-0.2, -0.15) is 0 Å². The van der Waals surface area contributed by atoms with E-state index in [-0.39, 0.29) is 5.91 Å². The molecule has 2 aromatic rings. The van der Waals surface area contributed by atoms with Crippen molar-refractivity contribution < 1.29 is 4.79 Å². The molecule has 0 radical (unpaired) electrons. The number of carbonyl (C=O) groups is 1. The third-order valence-electron chi connectivity index (χ3n) is 3.02. The molecule has 20 heavy (non-hydrogen) atoms. The molecule has 0 unspecified atom stereocenters. The van der Waals surface area contributed by atoms with Gasteiger partial charge < -0.3 is 10.6 Å². The van der Waals surface area contributed by atoms with E-state index in [4.69, 9.17) is 11.6 Å². The Morgan fingerprint density at radius 2 is 2.05 bits per heavy atom. The zero-order valence-corrected chi connectivity index (χ0v) is 11.5. The molecule has 0 saturated heterocycles. The third-order valence-corrected chi connectivity index (χ3v) is 3.26. The maximum atomic E-state index is 12.1. The summed E-state index contributed by atoms with van der Waals surface area (Å²) in [5.74, 6) is -0.244. The Morgan fingerprint density at radius 1 is 1.20 bits per heavy atom. The molecule has 0 atom stereocenters. The van der Waals surface area contributed by atoms with Crippen molar-refractivity contribution in [3.8, 4) is 0 Å². The molecule has 4 nitrogen and oxygen atoms in total. The molecule has 1 aromatic heterocycles. The summed E-state index contributed by atoms with van der Waals surface area (Å²) in [5, 5.41) is 6.71. The minimum atomic E-state index is -0.244. The predicted molar refractivity (Wildman–Crippen MR) is 80.3 cm³/mol. The topological polar surface area (TPSA) is 54.0 Å². The van der Waals surface area contributed by atoms with Gasteiger partial charge in [0.25, 0.3) is 5.91 Å². The van der Waals surface area contributed by atoms with Crippen molar-refractivity contribution in [1.29, 1.82) is 0 Å². The monoisotopic (exact) mass is 287 g/mol. The van der Waals surface area contributed by atoms with Gasteiger partial charge in [0.05, 0.1) is 0 Å². The lowest BCUT2D eigenvalue weighted by Crippen LogP contribution is -2.14. The van der Waals surface area contributed by atoms with Gasteiger partial charge in [-0.05, 0) is 43.2 Å². The summed E-state index contributed by atoms with van der Waals surface area (Å²) in [6.07, 6.45) is 4.01. The van der Waals surface area contributed by atoms with E-state index in [1.54, 1.807) is 36.5 Å². The Morgan fingerprint density at radius 3 is 2.80 bits per heavy atom. The van der Waals surface area contributed by atoms with Crippen molar-refractivity contribution in [2.75, 3.05) is 10.6 Å². The van der Waals surface area contributed by atoms with Crippen LogP contribution in [0.25, 0.3) is 0 Å². The Hall–Kier alpha value is -2.07. The number of nitrogens with one attached hydrogen (secondary N) is 2. The minimum absolute atomic E-state index is 0.244. The average Bonchev–Trinajstić information content (AvgIpc) is 3.23. The van der Waals surface area contributed by atoms with Crippen LogP contribution in [-0.4, -0.2) is 16.9 Å². The van der Waals surface area contributed by atoms with Gasteiger partial charge in [0.1, 0.15) is 5.69 Å². The number of benzene rings is 1. The Kier molecular flexibility index (Phi) is 3.56. The summed E-state index contributed by atoms with van der Waals surface area (Å²) in [5.41, 5.74) is 1.97. The molecule has 0 bridgehead atoms. The fourth-order valence-electron chi connectivity index (χ4n) is 1.87. The van der Waals surface area contributed by atoms with E-state index in [1.807, 2.05) is 6.07 Å². The zero-order chi connectivity index (χ0) is 13.9. The summed E-state index contributed by atoms with van der Waals surface area (Å²) in [7, 11) is 0. The van der Waals surface area contributed by atoms with E-state index in [0.717, 1.165) is 5.69 Å². The van der Waals surface area contributed by atoms with E-state index in [0.29, 0.717) is 22.4 Å². The molecule has 2 N–H and O–H groups in total. The Bertz CT molecular complexity index is 641. The molecule has 5 heteroatoms. The van der Waals surface area contributed by atoms with Gasteiger partial charge in [-0.25, -0.2) is 0 Å². The molecule has 1 aromatic carbocycles. The van der Waals surface area contributed by atoms with Crippen LogP contribution in [0.2, 0.25) is 5.02 Å². The first-order valence-electron chi connectivity index (χ1n) is 6.50. The highest BCUT2D eigenvalue weighted by Gasteiger charge is 2.21. The number of amides is 1. The van der Waals surface area contributed by atoms with Gasteiger partial charge in [0, 0.05) is 28.6 Å². The van der Waals surface area contributed by atoms with Gasteiger partial charge in [0.2, 0.25) is 0 Å². The number of hydrogen-bond donors (Lipinski definition) is 2. The summed E-state index contributed by atoms with van der Waals surface area (Å²) in [6.45, 7) is 0. The summed E-state index contributed by atoms with van der Waals surface area (Å²) < 4.78 is 0. The molecular weight excluding hydrogens is 274 g/mol. The van der Waals surface area contributed by atoms with Gasteiger partial charge >= 0.3 is 0 Å². The minimum Gasteiger partial charge on any atom is -0.382 e. The Labute approximate surface area is 122 Å². The van der Waals surface area contributed by atoms with Crippen molar-refractivity contribution in [1.82, 2.24) is 4.98 Å². The van der Waals surface area contributed by atoms with Crippen LogP contribution in [0.3, 0.4) is 0 Å². The first-order chi connectivity index (χ1) is 9.70. The number of carbonyl (C=O) groups excluding carboxylic acids is 1. The van der Waals surface area contributed by atoms with Crippen LogP contribution >= 0.6 is 11.6 Å². The van der Waals surface area contributed by atoms with Crippen molar-refractivity contribution in [2.45, 2.75) is 18.9 Å². The fourth-order valence-corrected chi connectivity index (χ4v) is 2.06. The van der Waals surface area contributed by atoms with E-state index in [2.05, 4.69) is 15.6 Å². The molecule has 102 valence electrons. The van der Waals surface area contributed by atoms with Crippen LogP contribution in [-0.2, 0) is 0 Å².